The van der Waals surface area contributed by atoms with E-state index in [0.717, 1.165) is 44.9 Å². The number of carboxylic acids is 1. The Labute approximate surface area is 219 Å². The van der Waals surface area contributed by atoms with Crippen LogP contribution in [0.1, 0.15) is 110 Å². The number of rotatable bonds is 24. The standard InChI is InChI=1S/C28H53NO7/c1-6-8-10-12-13-15-17-19-27(31)36-24(23-35-26(30)18-16-14-11-9-7-2)22-34-21-20-25(28(32)33)29(3,4)5/h24-25H,6-23H2,1-5H3/p+1. The first-order chi connectivity index (χ1) is 17.1. The zero-order valence-electron chi connectivity index (χ0n) is 23.7. The Kier molecular flexibility index (Phi) is 20.4. The summed E-state index contributed by atoms with van der Waals surface area (Å²) in [6.45, 7) is 4.57. The average molecular weight is 517 g/mol. The lowest BCUT2D eigenvalue weighted by molar-refractivity contribution is -0.887. The summed E-state index contributed by atoms with van der Waals surface area (Å²) < 4.78 is 16.9. The molecule has 2 unspecified atom stereocenters. The number of ether oxygens (including phenoxy) is 3. The fraction of sp³-hybridized carbons (Fsp3) is 0.893. The number of hydrogen-bond donors (Lipinski definition) is 1. The third kappa shape index (κ3) is 19.5. The number of quaternary nitrogens is 1. The molecule has 0 aromatic heterocycles. The second-order valence-electron chi connectivity index (χ2n) is 10.7. The first-order valence-electron chi connectivity index (χ1n) is 14.1. The number of unbranched alkanes of at least 4 members (excludes halogenated alkanes) is 10. The monoisotopic (exact) mass is 516 g/mol. The highest BCUT2D eigenvalue weighted by atomic mass is 16.6. The van der Waals surface area contributed by atoms with E-state index >= 15 is 0 Å². The lowest BCUT2D eigenvalue weighted by atomic mass is 10.1. The first kappa shape index (κ1) is 34.3. The van der Waals surface area contributed by atoms with E-state index < -0.39 is 18.1 Å². The number of nitrogens with zero attached hydrogens (tertiary/aromatic N) is 1. The summed E-state index contributed by atoms with van der Waals surface area (Å²) >= 11 is 0. The molecule has 0 saturated heterocycles. The molecule has 0 aliphatic heterocycles. The van der Waals surface area contributed by atoms with Crippen LogP contribution in [-0.2, 0) is 28.6 Å². The SMILES string of the molecule is CCCCCCCCCC(=O)OC(COCCC(C(=O)O)[N+](C)(C)C)COC(=O)CCCCCCC. The zero-order valence-corrected chi connectivity index (χ0v) is 23.7. The molecule has 0 aliphatic rings. The number of hydrogen-bond acceptors (Lipinski definition) is 6. The molecule has 0 aliphatic carbocycles. The van der Waals surface area contributed by atoms with Crippen molar-refractivity contribution in [2.45, 2.75) is 122 Å². The van der Waals surface area contributed by atoms with Crippen molar-refractivity contribution in [2.75, 3.05) is 41.0 Å². The molecule has 0 amide bonds. The van der Waals surface area contributed by atoms with Crippen LogP contribution in [0.4, 0.5) is 0 Å². The lowest BCUT2D eigenvalue weighted by Gasteiger charge is -2.31. The Bertz CT molecular complexity index is 589. The molecular weight excluding hydrogens is 462 g/mol. The molecule has 0 aromatic rings. The van der Waals surface area contributed by atoms with Gasteiger partial charge in [-0.05, 0) is 12.8 Å². The van der Waals surface area contributed by atoms with Gasteiger partial charge in [-0.25, -0.2) is 4.79 Å². The van der Waals surface area contributed by atoms with E-state index in [1.807, 2.05) is 21.1 Å². The second-order valence-corrected chi connectivity index (χ2v) is 10.7. The van der Waals surface area contributed by atoms with Crippen LogP contribution in [0.2, 0.25) is 0 Å². The molecule has 0 spiro atoms. The number of carboxylic acid groups (broad SMARTS) is 1. The quantitative estimate of drug-likeness (QED) is 0.103. The molecule has 0 aromatic carbocycles. The Morgan fingerprint density at radius 2 is 1.22 bits per heavy atom. The smallest absolute Gasteiger partial charge is 0.362 e. The van der Waals surface area contributed by atoms with Crippen LogP contribution in [0.3, 0.4) is 0 Å². The summed E-state index contributed by atoms with van der Waals surface area (Å²) in [4.78, 5) is 36.0. The fourth-order valence-corrected chi connectivity index (χ4v) is 3.97. The maximum atomic E-state index is 12.4. The average Bonchev–Trinajstić information content (AvgIpc) is 2.80. The summed E-state index contributed by atoms with van der Waals surface area (Å²) in [5.74, 6) is -1.49. The Balaban J connectivity index is 4.56. The van der Waals surface area contributed by atoms with Gasteiger partial charge in [0.15, 0.2) is 12.1 Å². The number of aliphatic carboxylic acids is 1. The van der Waals surface area contributed by atoms with E-state index in [-0.39, 0.29) is 36.2 Å². The Hall–Kier alpha value is -1.67. The van der Waals surface area contributed by atoms with Gasteiger partial charge in [0.2, 0.25) is 0 Å². The van der Waals surface area contributed by atoms with Crippen molar-refractivity contribution in [3.63, 3.8) is 0 Å². The number of carbonyl (C=O) groups excluding carboxylic acids is 2. The van der Waals surface area contributed by atoms with Gasteiger partial charge in [0.1, 0.15) is 6.61 Å². The van der Waals surface area contributed by atoms with Gasteiger partial charge in [0.05, 0.1) is 34.4 Å². The summed E-state index contributed by atoms with van der Waals surface area (Å²) in [7, 11) is 5.48. The van der Waals surface area contributed by atoms with Crippen LogP contribution < -0.4 is 0 Å². The van der Waals surface area contributed by atoms with E-state index in [1.165, 1.54) is 32.1 Å². The van der Waals surface area contributed by atoms with Gasteiger partial charge in [-0.15, -0.1) is 0 Å². The maximum Gasteiger partial charge on any atom is 0.362 e. The van der Waals surface area contributed by atoms with Crippen molar-refractivity contribution in [1.29, 1.82) is 0 Å². The molecule has 0 fully saturated rings. The molecular formula is C28H54NO7+. The topological polar surface area (TPSA) is 99.1 Å². The van der Waals surface area contributed by atoms with Gasteiger partial charge < -0.3 is 23.8 Å². The molecule has 0 saturated carbocycles. The normalized spacial score (nSPS) is 13.2. The summed E-state index contributed by atoms with van der Waals surface area (Å²) in [6.07, 6.45) is 13.3. The predicted molar refractivity (Wildman–Crippen MR) is 142 cm³/mol. The number of carbonyl (C=O) groups is 3. The van der Waals surface area contributed by atoms with Gasteiger partial charge in [-0.1, -0.05) is 78.1 Å². The van der Waals surface area contributed by atoms with E-state index in [1.54, 1.807) is 0 Å². The van der Waals surface area contributed by atoms with Gasteiger partial charge in [-0.2, -0.15) is 0 Å². The van der Waals surface area contributed by atoms with Crippen LogP contribution in [0.15, 0.2) is 0 Å². The van der Waals surface area contributed by atoms with Gasteiger partial charge in [0.25, 0.3) is 0 Å². The molecule has 36 heavy (non-hydrogen) atoms. The molecule has 2 atom stereocenters. The highest BCUT2D eigenvalue weighted by Gasteiger charge is 2.31. The van der Waals surface area contributed by atoms with E-state index in [2.05, 4.69) is 13.8 Å². The third-order valence-electron chi connectivity index (χ3n) is 6.26. The highest BCUT2D eigenvalue weighted by molar-refractivity contribution is 5.72. The molecule has 0 rings (SSSR count). The van der Waals surface area contributed by atoms with Crippen molar-refractivity contribution in [2.24, 2.45) is 0 Å². The molecule has 1 N–H and O–H groups in total. The van der Waals surface area contributed by atoms with Crippen molar-refractivity contribution in [3.8, 4) is 0 Å². The fourth-order valence-electron chi connectivity index (χ4n) is 3.97. The van der Waals surface area contributed by atoms with Crippen molar-refractivity contribution >= 4 is 17.9 Å². The van der Waals surface area contributed by atoms with Crippen molar-refractivity contribution in [1.82, 2.24) is 0 Å². The minimum atomic E-state index is -0.878. The second kappa shape index (κ2) is 21.4. The van der Waals surface area contributed by atoms with Crippen molar-refractivity contribution in [3.05, 3.63) is 0 Å². The van der Waals surface area contributed by atoms with Gasteiger partial charge in [-0.3, -0.25) is 9.59 Å². The zero-order chi connectivity index (χ0) is 27.2. The molecule has 8 heteroatoms. The van der Waals surface area contributed by atoms with Crippen LogP contribution in [0.25, 0.3) is 0 Å². The molecule has 212 valence electrons. The lowest BCUT2D eigenvalue weighted by Crippen LogP contribution is -2.50. The van der Waals surface area contributed by atoms with Gasteiger partial charge in [0, 0.05) is 19.3 Å². The van der Waals surface area contributed by atoms with Crippen LogP contribution in [0, 0.1) is 0 Å². The van der Waals surface area contributed by atoms with Crippen molar-refractivity contribution < 1.29 is 38.2 Å². The van der Waals surface area contributed by atoms with Crippen LogP contribution >= 0.6 is 0 Å². The number of likely N-dealkylation sites (N-methyl/N-ethyl adjacent to an activating group) is 1. The van der Waals surface area contributed by atoms with Crippen LogP contribution in [-0.4, -0.2) is 80.6 Å². The number of esters is 2. The predicted octanol–water partition coefficient (Wildman–Crippen LogP) is 5.51. The Morgan fingerprint density at radius 1 is 0.722 bits per heavy atom. The third-order valence-corrected chi connectivity index (χ3v) is 6.26. The molecule has 8 nitrogen and oxygen atoms in total. The maximum absolute atomic E-state index is 12.4. The minimum Gasteiger partial charge on any atom is -0.477 e. The van der Waals surface area contributed by atoms with E-state index in [0.29, 0.717) is 19.3 Å². The van der Waals surface area contributed by atoms with E-state index in [4.69, 9.17) is 14.2 Å². The molecule has 0 bridgehead atoms. The Morgan fingerprint density at radius 3 is 1.72 bits per heavy atom. The first-order valence-corrected chi connectivity index (χ1v) is 14.1. The summed E-state index contributed by atoms with van der Waals surface area (Å²) in [5, 5.41) is 9.47. The highest BCUT2D eigenvalue weighted by Crippen LogP contribution is 2.12. The summed E-state index contributed by atoms with van der Waals surface area (Å²) in [5.41, 5.74) is 0. The van der Waals surface area contributed by atoms with Crippen LogP contribution in [0.5, 0.6) is 0 Å². The van der Waals surface area contributed by atoms with Gasteiger partial charge >= 0.3 is 17.9 Å². The summed E-state index contributed by atoms with van der Waals surface area (Å²) in [6, 6.07) is -0.603. The molecule has 0 radical (unpaired) electrons. The van der Waals surface area contributed by atoms with E-state index in [9.17, 15) is 19.5 Å². The minimum absolute atomic E-state index is 0.0474. The largest absolute Gasteiger partial charge is 0.477 e. The molecule has 0 heterocycles.